The Kier molecular flexibility index (Phi) is 51.0. The van der Waals surface area contributed by atoms with Crippen LogP contribution >= 0.6 is 7.82 Å². The molecule has 0 aromatic heterocycles. The molecular weight excluding hydrogens is 928 g/mol. The number of phosphoric acid groups is 1. The lowest BCUT2D eigenvalue weighted by Crippen LogP contribution is -2.30. The summed E-state index contributed by atoms with van der Waals surface area (Å²) < 4.78 is 39.3. The molecule has 11 nitrogen and oxygen atoms in total. The van der Waals surface area contributed by atoms with Gasteiger partial charge >= 0.3 is 25.7 Å². The van der Waals surface area contributed by atoms with E-state index in [0.717, 1.165) is 83.5 Å². The highest BCUT2D eigenvalue weighted by molar-refractivity contribution is 7.47. The number of carbonyl (C=O) groups excluding carboxylic acids is 3. The van der Waals surface area contributed by atoms with Crippen LogP contribution in [0.5, 0.6) is 0 Å². The average Bonchev–Trinajstić information content (AvgIpc) is 3.37. The maximum absolute atomic E-state index is 12.9. The molecule has 412 valence electrons. The highest BCUT2D eigenvalue weighted by Gasteiger charge is 2.28. The lowest BCUT2D eigenvalue weighted by molar-refractivity contribution is -0.161. The second-order valence-corrected chi connectivity index (χ2v) is 19.8. The van der Waals surface area contributed by atoms with Gasteiger partial charge in [-0.05, 0) is 103 Å². The topological polar surface area (TPSA) is 155 Å². The summed E-state index contributed by atoms with van der Waals surface area (Å²) in [7, 11) is -4.77. The molecule has 0 aromatic carbocycles. The average molecular weight is 1030 g/mol. The Hall–Kier alpha value is -3.60. The monoisotopic (exact) mass is 1030 g/mol. The summed E-state index contributed by atoms with van der Waals surface area (Å²) in [6, 6.07) is 0. The molecular formula is C60H101O11P. The number of ether oxygens (including phenoxy) is 3. The van der Waals surface area contributed by atoms with Gasteiger partial charge in [0.1, 0.15) is 12.7 Å². The van der Waals surface area contributed by atoms with E-state index in [1.807, 2.05) is 12.2 Å². The third-order valence-electron chi connectivity index (χ3n) is 11.5. The Morgan fingerprint density at radius 3 is 1.19 bits per heavy atom. The van der Waals surface area contributed by atoms with E-state index in [2.05, 4.69) is 106 Å². The van der Waals surface area contributed by atoms with Crippen molar-refractivity contribution in [1.82, 2.24) is 0 Å². The minimum Gasteiger partial charge on any atom is -0.462 e. The van der Waals surface area contributed by atoms with Crippen molar-refractivity contribution in [3.05, 3.63) is 97.2 Å². The van der Waals surface area contributed by atoms with Gasteiger partial charge in [0.05, 0.1) is 19.8 Å². The summed E-state index contributed by atoms with van der Waals surface area (Å²) in [5, 5.41) is 9.79. The van der Waals surface area contributed by atoms with Crippen LogP contribution in [-0.4, -0.2) is 66.5 Å². The van der Waals surface area contributed by atoms with E-state index >= 15 is 0 Å². The van der Waals surface area contributed by atoms with Crippen molar-refractivity contribution >= 4 is 25.7 Å². The molecule has 0 saturated heterocycles. The third kappa shape index (κ3) is 51.3. The zero-order chi connectivity index (χ0) is 52.7. The number of aliphatic hydroxyl groups is 1. The van der Waals surface area contributed by atoms with Gasteiger partial charge < -0.3 is 24.2 Å². The number of unbranched alkanes of at least 4 members (excludes halogenated alkanes) is 18. The molecule has 72 heavy (non-hydrogen) atoms. The number of hydrogen-bond donors (Lipinski definition) is 2. The van der Waals surface area contributed by atoms with Crippen LogP contribution in [0.25, 0.3) is 0 Å². The fourth-order valence-corrected chi connectivity index (χ4v) is 8.04. The summed E-state index contributed by atoms with van der Waals surface area (Å²) >= 11 is 0. The lowest BCUT2D eigenvalue weighted by atomic mass is 10.1. The number of phosphoric ester groups is 1. The maximum Gasteiger partial charge on any atom is 0.472 e. The van der Waals surface area contributed by atoms with Gasteiger partial charge in [0.15, 0.2) is 6.10 Å². The van der Waals surface area contributed by atoms with E-state index in [9.17, 15) is 28.9 Å². The molecule has 3 atom stereocenters. The molecule has 0 aliphatic heterocycles. The minimum atomic E-state index is -4.77. The standard InChI is InChI=1S/C60H101O11P/c1-4-7-10-13-16-19-22-25-26-27-28-29-30-33-36-39-42-45-48-51-60(64)71-57(53-67-58(62)49-46-43-40-37-34-31-23-20-17-14-11-8-5-2)55-69-72(65,66)68-54-56(52-61)70-59(63)50-47-44-41-38-35-32-24-21-18-15-12-9-6-3/h8-9,11-12,17-18,20-21,25-26,31-32,34-35,40,43,56-57,61H,4-7,10,13-16,19,22-24,27-30,33,36-39,41-42,44-55H2,1-3H3,(H,65,66)/b11-8-,12-9-,20-17-,21-18-,26-25-,34-31-,35-32-,43-40-. The van der Waals surface area contributed by atoms with Crippen LogP contribution in [0.3, 0.4) is 0 Å². The number of aliphatic hydroxyl groups excluding tert-OH is 1. The normalized spacial score (nSPS) is 14.1. The largest absolute Gasteiger partial charge is 0.472 e. The number of carbonyl (C=O) groups is 3. The first kappa shape index (κ1) is 68.4. The summed E-state index contributed by atoms with van der Waals surface area (Å²) in [5.41, 5.74) is 0. The molecule has 0 radical (unpaired) electrons. The first-order valence-electron chi connectivity index (χ1n) is 28.1. The molecule has 12 heteroatoms. The summed E-state index contributed by atoms with van der Waals surface area (Å²) in [6.07, 6.45) is 62.5. The molecule has 0 fully saturated rings. The Bertz CT molecular complexity index is 1580. The zero-order valence-electron chi connectivity index (χ0n) is 45.4. The fourth-order valence-electron chi connectivity index (χ4n) is 7.26. The first-order chi connectivity index (χ1) is 35.2. The molecule has 0 saturated carbocycles. The van der Waals surface area contributed by atoms with Crippen molar-refractivity contribution in [2.45, 2.75) is 238 Å². The van der Waals surface area contributed by atoms with Gasteiger partial charge in [-0.1, -0.05) is 201 Å². The van der Waals surface area contributed by atoms with Crippen molar-refractivity contribution < 1.29 is 52.2 Å². The number of allylic oxidation sites excluding steroid dienone is 16. The van der Waals surface area contributed by atoms with Gasteiger partial charge in [-0.3, -0.25) is 23.4 Å². The van der Waals surface area contributed by atoms with Gasteiger partial charge in [-0.2, -0.15) is 0 Å². The highest BCUT2D eigenvalue weighted by Crippen LogP contribution is 2.43. The predicted octanol–water partition coefficient (Wildman–Crippen LogP) is 16.5. The maximum atomic E-state index is 12.9. The molecule has 3 unspecified atom stereocenters. The van der Waals surface area contributed by atoms with Crippen molar-refractivity contribution in [2.75, 3.05) is 26.4 Å². The highest BCUT2D eigenvalue weighted by atomic mass is 31.2. The quantitative estimate of drug-likeness (QED) is 0.0197. The molecule has 0 spiro atoms. The predicted molar refractivity (Wildman–Crippen MR) is 297 cm³/mol. The molecule has 0 aliphatic rings. The molecule has 2 N–H and O–H groups in total. The van der Waals surface area contributed by atoms with Gasteiger partial charge in [0, 0.05) is 19.3 Å². The van der Waals surface area contributed by atoms with Crippen molar-refractivity contribution in [1.29, 1.82) is 0 Å². The van der Waals surface area contributed by atoms with E-state index < -0.39 is 57.8 Å². The lowest BCUT2D eigenvalue weighted by Gasteiger charge is -2.21. The van der Waals surface area contributed by atoms with Crippen LogP contribution in [0.15, 0.2) is 97.2 Å². The van der Waals surface area contributed by atoms with Crippen LogP contribution in [0, 0.1) is 0 Å². The van der Waals surface area contributed by atoms with Crippen LogP contribution in [0.4, 0.5) is 0 Å². The third-order valence-corrected chi connectivity index (χ3v) is 12.4. The number of esters is 3. The minimum absolute atomic E-state index is 0.0997. The summed E-state index contributed by atoms with van der Waals surface area (Å²) in [6.45, 7) is 4.28. The Morgan fingerprint density at radius 2 is 0.750 bits per heavy atom. The van der Waals surface area contributed by atoms with Crippen molar-refractivity contribution in [2.24, 2.45) is 0 Å². The molecule has 0 aliphatic carbocycles. The van der Waals surface area contributed by atoms with Crippen LogP contribution in [0.1, 0.15) is 226 Å². The van der Waals surface area contributed by atoms with E-state index in [0.29, 0.717) is 19.3 Å². The van der Waals surface area contributed by atoms with E-state index in [-0.39, 0.29) is 25.9 Å². The van der Waals surface area contributed by atoms with Crippen LogP contribution in [-0.2, 0) is 42.2 Å². The second-order valence-electron chi connectivity index (χ2n) is 18.3. The van der Waals surface area contributed by atoms with E-state index in [4.69, 9.17) is 23.3 Å². The van der Waals surface area contributed by atoms with Gasteiger partial charge in [0.2, 0.25) is 0 Å². The van der Waals surface area contributed by atoms with Gasteiger partial charge in [0.25, 0.3) is 0 Å². The van der Waals surface area contributed by atoms with Crippen LogP contribution in [0.2, 0.25) is 0 Å². The first-order valence-corrected chi connectivity index (χ1v) is 29.6. The smallest absolute Gasteiger partial charge is 0.462 e. The molecule has 0 aromatic rings. The zero-order valence-corrected chi connectivity index (χ0v) is 46.3. The fraction of sp³-hybridized carbons (Fsp3) is 0.683. The summed E-state index contributed by atoms with van der Waals surface area (Å²) in [4.78, 5) is 48.4. The Balaban J connectivity index is 4.80. The Morgan fingerprint density at radius 1 is 0.403 bits per heavy atom. The van der Waals surface area contributed by atoms with Crippen molar-refractivity contribution in [3.8, 4) is 0 Å². The second kappa shape index (κ2) is 53.7. The molecule has 0 amide bonds. The number of rotatable bonds is 51. The molecule has 0 heterocycles. The Labute approximate surface area is 438 Å². The number of hydrogen-bond acceptors (Lipinski definition) is 10. The SMILES string of the molecule is CC/C=C\C/C=C\C/C=C\C/C=C\CCC(=O)OCC(COP(=O)(O)OCC(CO)OC(=O)CCCCC/C=C\C/C=C\C/C=C\CC)OC(=O)CCCCCCCCCCC/C=C\CCCCCCCC. The van der Waals surface area contributed by atoms with Gasteiger partial charge in [-0.25, -0.2) is 4.57 Å². The van der Waals surface area contributed by atoms with E-state index in [1.54, 1.807) is 0 Å². The van der Waals surface area contributed by atoms with Crippen LogP contribution < -0.4 is 0 Å². The van der Waals surface area contributed by atoms with Crippen molar-refractivity contribution in [3.63, 3.8) is 0 Å². The summed E-state index contributed by atoms with van der Waals surface area (Å²) in [5.74, 6) is -1.60. The van der Waals surface area contributed by atoms with E-state index in [1.165, 1.54) is 83.5 Å². The van der Waals surface area contributed by atoms with Gasteiger partial charge in [-0.15, -0.1) is 0 Å². The molecule has 0 bridgehead atoms. The molecule has 0 rings (SSSR count).